The van der Waals surface area contributed by atoms with Crippen molar-refractivity contribution in [1.29, 1.82) is 0 Å². The van der Waals surface area contributed by atoms with Crippen molar-refractivity contribution in [3.05, 3.63) is 37.4 Å². The van der Waals surface area contributed by atoms with Crippen LogP contribution in [0.25, 0.3) is 0 Å². The van der Waals surface area contributed by atoms with Gasteiger partial charge in [-0.2, -0.15) is 0 Å². The second kappa shape index (κ2) is 3.79. The van der Waals surface area contributed by atoms with Gasteiger partial charge in [-0.3, -0.25) is 7.05 Å². The van der Waals surface area contributed by atoms with Gasteiger partial charge in [0.25, 0.3) is 0 Å². The highest BCUT2D eigenvalue weighted by Crippen LogP contribution is 2.14. The SMILES string of the molecule is [CH2-]N1CCN(c2ccccc2)CC1. The van der Waals surface area contributed by atoms with Crippen LogP contribution in [-0.4, -0.2) is 31.1 Å². The van der Waals surface area contributed by atoms with Gasteiger partial charge in [0.2, 0.25) is 0 Å². The Morgan fingerprint density at radius 2 is 1.54 bits per heavy atom. The summed E-state index contributed by atoms with van der Waals surface area (Å²) in [5.74, 6) is 0. The normalized spacial score (nSPS) is 19.0. The van der Waals surface area contributed by atoms with Gasteiger partial charge in [0.15, 0.2) is 0 Å². The highest BCUT2D eigenvalue weighted by molar-refractivity contribution is 5.46. The molecule has 0 aromatic heterocycles. The maximum atomic E-state index is 3.93. The Morgan fingerprint density at radius 3 is 2.15 bits per heavy atom. The minimum absolute atomic E-state index is 1.06. The third kappa shape index (κ3) is 2.01. The molecular weight excluding hydrogens is 160 g/mol. The summed E-state index contributed by atoms with van der Waals surface area (Å²) < 4.78 is 0. The van der Waals surface area contributed by atoms with Crippen LogP contribution in [0.3, 0.4) is 0 Å². The maximum absolute atomic E-state index is 3.93. The smallest absolute Gasteiger partial charge is 0.0367 e. The van der Waals surface area contributed by atoms with E-state index < -0.39 is 0 Å². The van der Waals surface area contributed by atoms with Crippen LogP contribution < -0.4 is 4.90 Å². The summed E-state index contributed by atoms with van der Waals surface area (Å²) in [7, 11) is 3.93. The van der Waals surface area contributed by atoms with E-state index in [0.29, 0.717) is 0 Å². The van der Waals surface area contributed by atoms with Gasteiger partial charge in [-0.15, -0.1) is 0 Å². The van der Waals surface area contributed by atoms with E-state index in [2.05, 4.69) is 47.2 Å². The first-order valence-electron chi connectivity index (χ1n) is 4.72. The monoisotopic (exact) mass is 175 g/mol. The fourth-order valence-corrected chi connectivity index (χ4v) is 1.64. The van der Waals surface area contributed by atoms with Crippen LogP contribution in [0.2, 0.25) is 0 Å². The molecule has 1 aromatic rings. The first-order valence-corrected chi connectivity index (χ1v) is 4.72. The summed E-state index contributed by atoms with van der Waals surface area (Å²) in [6, 6.07) is 10.6. The second-order valence-corrected chi connectivity index (χ2v) is 3.44. The summed E-state index contributed by atoms with van der Waals surface area (Å²) >= 11 is 0. The second-order valence-electron chi connectivity index (χ2n) is 3.44. The molecule has 1 heterocycles. The van der Waals surface area contributed by atoms with Crippen LogP contribution in [0.1, 0.15) is 0 Å². The summed E-state index contributed by atoms with van der Waals surface area (Å²) in [4.78, 5) is 4.53. The Balaban J connectivity index is 2.03. The lowest BCUT2D eigenvalue weighted by molar-refractivity contribution is 0.344. The van der Waals surface area contributed by atoms with Crippen LogP contribution >= 0.6 is 0 Å². The van der Waals surface area contributed by atoms with Gasteiger partial charge >= 0.3 is 0 Å². The molecule has 0 atom stereocenters. The predicted octanol–water partition coefficient (Wildman–Crippen LogP) is 1.60. The number of piperazine rings is 1. The van der Waals surface area contributed by atoms with Gasteiger partial charge in [0, 0.05) is 18.8 Å². The highest BCUT2D eigenvalue weighted by Gasteiger charge is 2.10. The number of hydrogen-bond acceptors (Lipinski definition) is 2. The molecule has 0 aliphatic carbocycles. The van der Waals surface area contributed by atoms with Gasteiger partial charge in [-0.1, -0.05) is 18.2 Å². The first kappa shape index (κ1) is 8.57. The lowest BCUT2D eigenvalue weighted by Gasteiger charge is -2.38. The summed E-state index contributed by atoms with van der Waals surface area (Å²) in [6.45, 7) is 4.31. The van der Waals surface area contributed by atoms with Crippen molar-refractivity contribution in [1.82, 2.24) is 4.90 Å². The standard InChI is InChI=1S/C11H15N2/c1-12-7-9-13(10-8-12)11-5-3-2-4-6-11/h2-6H,1,7-10H2/q-1. The molecule has 0 saturated carbocycles. The van der Waals surface area contributed by atoms with E-state index in [1.807, 2.05) is 0 Å². The summed E-state index contributed by atoms with van der Waals surface area (Å²) in [5.41, 5.74) is 1.33. The first-order chi connectivity index (χ1) is 6.36. The van der Waals surface area contributed by atoms with Gasteiger partial charge < -0.3 is 9.80 Å². The molecule has 13 heavy (non-hydrogen) atoms. The zero-order valence-electron chi connectivity index (χ0n) is 7.82. The van der Waals surface area contributed by atoms with Gasteiger partial charge in [0.1, 0.15) is 0 Å². The number of hydrogen-bond donors (Lipinski definition) is 0. The predicted molar refractivity (Wildman–Crippen MR) is 55.6 cm³/mol. The minimum Gasteiger partial charge on any atom is -0.456 e. The molecule has 0 radical (unpaired) electrons. The Hall–Kier alpha value is -1.02. The molecule has 1 saturated heterocycles. The topological polar surface area (TPSA) is 6.48 Å². The largest absolute Gasteiger partial charge is 0.456 e. The average molecular weight is 175 g/mol. The highest BCUT2D eigenvalue weighted by atomic mass is 15.2. The zero-order valence-corrected chi connectivity index (χ0v) is 7.82. The third-order valence-corrected chi connectivity index (χ3v) is 2.49. The molecule has 2 nitrogen and oxygen atoms in total. The van der Waals surface area contributed by atoms with Crippen LogP contribution in [0.4, 0.5) is 5.69 Å². The Bertz CT molecular complexity index is 250. The van der Waals surface area contributed by atoms with Gasteiger partial charge in [-0.05, 0) is 25.2 Å². The lowest BCUT2D eigenvalue weighted by atomic mass is 10.2. The van der Waals surface area contributed by atoms with Crippen molar-refractivity contribution in [3.63, 3.8) is 0 Å². The molecule has 0 unspecified atom stereocenters. The number of benzene rings is 1. The summed E-state index contributed by atoms with van der Waals surface area (Å²) in [6.07, 6.45) is 0. The van der Waals surface area contributed by atoms with Gasteiger partial charge in [0.05, 0.1) is 0 Å². The summed E-state index contributed by atoms with van der Waals surface area (Å²) in [5, 5.41) is 0. The maximum Gasteiger partial charge on any atom is 0.0367 e. The fourth-order valence-electron chi connectivity index (χ4n) is 1.64. The van der Waals surface area contributed by atoms with E-state index in [1.54, 1.807) is 0 Å². The molecular formula is C11H15N2-. The molecule has 1 aromatic carbocycles. The zero-order chi connectivity index (χ0) is 9.10. The van der Waals surface area contributed by atoms with Crippen molar-refractivity contribution in [2.75, 3.05) is 31.1 Å². The van der Waals surface area contributed by atoms with E-state index in [1.165, 1.54) is 5.69 Å². The molecule has 2 rings (SSSR count). The van der Waals surface area contributed by atoms with E-state index >= 15 is 0 Å². The van der Waals surface area contributed by atoms with E-state index in [-0.39, 0.29) is 0 Å². The van der Waals surface area contributed by atoms with Crippen LogP contribution in [0.15, 0.2) is 30.3 Å². The molecule has 1 aliphatic rings. The molecule has 0 spiro atoms. The number of rotatable bonds is 1. The van der Waals surface area contributed by atoms with Crippen LogP contribution in [0.5, 0.6) is 0 Å². The minimum atomic E-state index is 1.06. The van der Waals surface area contributed by atoms with Crippen molar-refractivity contribution < 1.29 is 0 Å². The van der Waals surface area contributed by atoms with Crippen molar-refractivity contribution in [2.45, 2.75) is 0 Å². The van der Waals surface area contributed by atoms with E-state index in [4.69, 9.17) is 0 Å². The van der Waals surface area contributed by atoms with Crippen molar-refractivity contribution in [3.8, 4) is 0 Å². The molecule has 0 amide bonds. The van der Waals surface area contributed by atoms with Crippen LogP contribution in [0, 0.1) is 7.05 Å². The van der Waals surface area contributed by atoms with Gasteiger partial charge in [-0.25, -0.2) is 0 Å². The number of para-hydroxylation sites is 1. The quantitative estimate of drug-likeness (QED) is 0.598. The van der Waals surface area contributed by atoms with Crippen molar-refractivity contribution >= 4 is 5.69 Å². The van der Waals surface area contributed by atoms with E-state index in [9.17, 15) is 0 Å². The van der Waals surface area contributed by atoms with Crippen LogP contribution in [-0.2, 0) is 0 Å². The fraction of sp³-hybridized carbons (Fsp3) is 0.364. The van der Waals surface area contributed by atoms with E-state index in [0.717, 1.165) is 26.2 Å². The molecule has 2 heteroatoms. The molecule has 0 N–H and O–H groups in total. The molecule has 0 bridgehead atoms. The third-order valence-electron chi connectivity index (χ3n) is 2.49. The number of anilines is 1. The van der Waals surface area contributed by atoms with Crippen molar-refractivity contribution in [2.24, 2.45) is 0 Å². The Labute approximate surface area is 79.8 Å². The molecule has 1 fully saturated rings. The lowest BCUT2D eigenvalue weighted by Crippen LogP contribution is -2.43. The average Bonchev–Trinajstić information content (AvgIpc) is 2.20. The molecule has 70 valence electrons. The number of nitrogens with zero attached hydrogens (tertiary/aromatic N) is 2. The Kier molecular flexibility index (Phi) is 2.50. The molecule has 1 aliphatic heterocycles. The Morgan fingerprint density at radius 1 is 0.923 bits per heavy atom.